The first-order valence-electron chi connectivity index (χ1n) is 2.31. The molecular weight excluding hydrogens is 108 g/mol. The number of carbonyl (C=O) groups is 1. The molecule has 0 aromatic carbocycles. The second-order valence-electron chi connectivity index (χ2n) is 1.04. The lowest BCUT2D eigenvalue weighted by atomic mass is 10.4. The molecular formula is C4H12N2O2. The minimum atomic E-state index is -0.250. The van der Waals surface area contributed by atoms with Crippen LogP contribution >= 0.6 is 0 Å². The molecule has 0 atom stereocenters. The minimum absolute atomic E-state index is 0.250. The quantitative estimate of drug-likeness (QED) is 0.407. The fourth-order valence-corrected chi connectivity index (χ4v) is 0.118. The van der Waals surface area contributed by atoms with Crippen molar-refractivity contribution in [2.24, 2.45) is 11.5 Å². The topological polar surface area (TPSA) is 89.3 Å². The Morgan fingerprint density at radius 2 is 1.62 bits per heavy atom. The third-order valence-electron chi connectivity index (χ3n) is 0.408. The average Bonchev–Trinajstić information content (AvgIpc) is 1.71. The Bertz CT molecular complexity index is 39.0. The van der Waals surface area contributed by atoms with Gasteiger partial charge < -0.3 is 16.6 Å². The Morgan fingerprint density at radius 1 is 1.38 bits per heavy atom. The zero-order valence-corrected chi connectivity index (χ0v) is 4.71. The van der Waals surface area contributed by atoms with E-state index in [-0.39, 0.29) is 6.47 Å². The van der Waals surface area contributed by atoms with Gasteiger partial charge in [-0.1, -0.05) is 0 Å². The number of hydrogen-bond acceptors (Lipinski definition) is 3. The minimum Gasteiger partial charge on any atom is -0.483 e. The maximum Gasteiger partial charge on any atom is 0.290 e. The monoisotopic (exact) mass is 120 g/mol. The molecule has 5 N–H and O–H groups in total. The van der Waals surface area contributed by atoms with E-state index in [0.717, 1.165) is 19.5 Å². The Balaban J connectivity index is 0. The smallest absolute Gasteiger partial charge is 0.290 e. The molecule has 0 saturated carbocycles. The van der Waals surface area contributed by atoms with E-state index in [1.54, 1.807) is 0 Å². The lowest BCUT2D eigenvalue weighted by Crippen LogP contribution is -2.06. The first-order valence-corrected chi connectivity index (χ1v) is 2.31. The Hall–Kier alpha value is -0.610. The summed E-state index contributed by atoms with van der Waals surface area (Å²) >= 11 is 0. The van der Waals surface area contributed by atoms with E-state index in [2.05, 4.69) is 0 Å². The van der Waals surface area contributed by atoms with Crippen molar-refractivity contribution >= 4 is 6.47 Å². The van der Waals surface area contributed by atoms with E-state index < -0.39 is 0 Å². The number of nitrogens with two attached hydrogens (primary N) is 2. The Kier molecular flexibility index (Phi) is 21.0. The fraction of sp³-hybridized carbons (Fsp3) is 0.750. The molecule has 0 rings (SSSR count). The highest BCUT2D eigenvalue weighted by Gasteiger charge is 1.67. The van der Waals surface area contributed by atoms with Crippen LogP contribution in [-0.2, 0) is 4.79 Å². The molecule has 50 valence electrons. The first-order chi connectivity index (χ1) is 3.83. The van der Waals surface area contributed by atoms with Crippen molar-refractivity contribution < 1.29 is 9.90 Å². The van der Waals surface area contributed by atoms with Gasteiger partial charge in [0.25, 0.3) is 6.47 Å². The van der Waals surface area contributed by atoms with Gasteiger partial charge in [0.15, 0.2) is 0 Å². The molecule has 4 heteroatoms. The summed E-state index contributed by atoms with van der Waals surface area (Å²) in [7, 11) is 0. The molecule has 0 saturated heterocycles. The van der Waals surface area contributed by atoms with E-state index in [0.29, 0.717) is 0 Å². The van der Waals surface area contributed by atoms with Crippen molar-refractivity contribution in [3.63, 3.8) is 0 Å². The van der Waals surface area contributed by atoms with Crippen molar-refractivity contribution in [2.45, 2.75) is 6.42 Å². The van der Waals surface area contributed by atoms with Crippen molar-refractivity contribution in [1.82, 2.24) is 0 Å². The maximum absolute atomic E-state index is 8.36. The van der Waals surface area contributed by atoms with Gasteiger partial charge in [0, 0.05) is 0 Å². The van der Waals surface area contributed by atoms with Crippen LogP contribution in [0.2, 0.25) is 0 Å². The molecule has 0 aliphatic heterocycles. The second-order valence-corrected chi connectivity index (χ2v) is 1.04. The Labute approximate surface area is 48.5 Å². The lowest BCUT2D eigenvalue weighted by molar-refractivity contribution is -0.122. The van der Waals surface area contributed by atoms with Gasteiger partial charge in [-0.25, -0.2) is 0 Å². The number of carboxylic acid groups (broad SMARTS) is 1. The predicted molar refractivity (Wildman–Crippen MR) is 31.4 cm³/mol. The van der Waals surface area contributed by atoms with Crippen LogP contribution in [0.1, 0.15) is 6.42 Å². The largest absolute Gasteiger partial charge is 0.483 e. The van der Waals surface area contributed by atoms with Crippen LogP contribution in [0.25, 0.3) is 0 Å². The highest BCUT2D eigenvalue weighted by molar-refractivity contribution is 5.32. The van der Waals surface area contributed by atoms with Crippen molar-refractivity contribution in [1.29, 1.82) is 0 Å². The second kappa shape index (κ2) is 16.2. The highest BCUT2D eigenvalue weighted by Crippen LogP contribution is 1.58. The molecule has 0 aromatic heterocycles. The van der Waals surface area contributed by atoms with Gasteiger partial charge in [-0.05, 0) is 19.5 Å². The molecule has 0 amide bonds. The number of rotatable bonds is 2. The molecule has 0 radical (unpaired) electrons. The summed E-state index contributed by atoms with van der Waals surface area (Å²) in [6.07, 6.45) is 0.944. The molecule has 0 unspecified atom stereocenters. The first kappa shape index (κ1) is 10.4. The van der Waals surface area contributed by atoms with E-state index in [1.165, 1.54) is 0 Å². The third-order valence-corrected chi connectivity index (χ3v) is 0.408. The molecule has 0 aromatic rings. The summed E-state index contributed by atoms with van der Waals surface area (Å²) in [6, 6.07) is 0. The van der Waals surface area contributed by atoms with Crippen molar-refractivity contribution in [2.75, 3.05) is 13.1 Å². The molecule has 0 heterocycles. The summed E-state index contributed by atoms with van der Waals surface area (Å²) in [5.74, 6) is 0. The third kappa shape index (κ3) is 53.8. The van der Waals surface area contributed by atoms with Crippen LogP contribution < -0.4 is 11.5 Å². The molecule has 0 aliphatic rings. The molecule has 8 heavy (non-hydrogen) atoms. The lowest BCUT2D eigenvalue weighted by Gasteiger charge is -1.81. The van der Waals surface area contributed by atoms with E-state index >= 15 is 0 Å². The van der Waals surface area contributed by atoms with Crippen LogP contribution in [0.15, 0.2) is 0 Å². The fourth-order valence-electron chi connectivity index (χ4n) is 0.118. The van der Waals surface area contributed by atoms with Crippen LogP contribution in [0.4, 0.5) is 0 Å². The van der Waals surface area contributed by atoms with Crippen molar-refractivity contribution in [3.05, 3.63) is 0 Å². The summed E-state index contributed by atoms with van der Waals surface area (Å²) in [4.78, 5) is 8.36. The maximum atomic E-state index is 8.36. The van der Waals surface area contributed by atoms with E-state index in [1.807, 2.05) is 0 Å². The van der Waals surface area contributed by atoms with E-state index in [9.17, 15) is 0 Å². The van der Waals surface area contributed by atoms with Gasteiger partial charge in [0.05, 0.1) is 0 Å². The summed E-state index contributed by atoms with van der Waals surface area (Å²) in [5, 5.41) is 6.89. The van der Waals surface area contributed by atoms with Crippen LogP contribution in [-0.4, -0.2) is 24.7 Å². The zero-order valence-electron chi connectivity index (χ0n) is 4.71. The zero-order chi connectivity index (χ0) is 6.83. The summed E-state index contributed by atoms with van der Waals surface area (Å²) in [6.45, 7) is 1.19. The van der Waals surface area contributed by atoms with E-state index in [4.69, 9.17) is 21.4 Å². The molecule has 0 bridgehead atoms. The highest BCUT2D eigenvalue weighted by atomic mass is 16.3. The van der Waals surface area contributed by atoms with Crippen LogP contribution in [0, 0.1) is 0 Å². The van der Waals surface area contributed by atoms with Crippen LogP contribution in [0.5, 0.6) is 0 Å². The molecule has 0 fully saturated rings. The van der Waals surface area contributed by atoms with Gasteiger partial charge >= 0.3 is 0 Å². The SMILES string of the molecule is NCCCN.O=CO. The molecule has 0 spiro atoms. The Morgan fingerprint density at radius 3 is 1.62 bits per heavy atom. The predicted octanol–water partition coefficient (Wildman–Crippen LogP) is -1.01. The van der Waals surface area contributed by atoms with Crippen LogP contribution in [0.3, 0.4) is 0 Å². The summed E-state index contributed by atoms with van der Waals surface area (Å²) in [5.41, 5.74) is 10.1. The van der Waals surface area contributed by atoms with Gasteiger partial charge in [0.2, 0.25) is 0 Å². The van der Waals surface area contributed by atoms with Gasteiger partial charge in [-0.3, -0.25) is 4.79 Å². The summed E-state index contributed by atoms with van der Waals surface area (Å²) < 4.78 is 0. The molecule has 4 nitrogen and oxygen atoms in total. The van der Waals surface area contributed by atoms with Gasteiger partial charge in [0.1, 0.15) is 0 Å². The van der Waals surface area contributed by atoms with Gasteiger partial charge in [-0.2, -0.15) is 0 Å². The average molecular weight is 120 g/mol. The van der Waals surface area contributed by atoms with Gasteiger partial charge in [-0.15, -0.1) is 0 Å². The number of hydrogen-bond donors (Lipinski definition) is 3. The normalized spacial score (nSPS) is 6.75. The molecule has 0 aliphatic carbocycles. The standard InChI is InChI=1S/C3H10N2.CH2O2/c4-2-1-3-5;2-1-3/h1-5H2;1H,(H,2,3). The van der Waals surface area contributed by atoms with Crippen molar-refractivity contribution in [3.8, 4) is 0 Å².